The van der Waals surface area contributed by atoms with Gasteiger partial charge in [0.1, 0.15) is 11.6 Å². The molecule has 7 nitrogen and oxygen atoms in total. The molecule has 1 aromatic heterocycles. The molecule has 0 radical (unpaired) electrons. The van der Waals surface area contributed by atoms with Crippen LogP contribution in [-0.4, -0.2) is 59.3 Å². The number of hydrogen-bond acceptors (Lipinski definition) is 6. The van der Waals surface area contributed by atoms with Crippen molar-refractivity contribution in [2.45, 2.75) is 111 Å². The van der Waals surface area contributed by atoms with Crippen LogP contribution < -0.4 is 9.64 Å². The molecule has 1 N–H and O–H groups in total. The fourth-order valence-corrected chi connectivity index (χ4v) is 7.97. The highest BCUT2D eigenvalue weighted by molar-refractivity contribution is 5.88. The molecule has 3 fully saturated rings. The lowest BCUT2D eigenvalue weighted by molar-refractivity contribution is -0.160. The van der Waals surface area contributed by atoms with Gasteiger partial charge in [-0.15, -0.1) is 0 Å². The van der Waals surface area contributed by atoms with Crippen molar-refractivity contribution in [3.63, 3.8) is 0 Å². The van der Waals surface area contributed by atoms with Gasteiger partial charge < -0.3 is 19.5 Å². The molecule has 50 heavy (non-hydrogen) atoms. The number of piperidine rings is 2. The first kappa shape index (κ1) is 36.3. The van der Waals surface area contributed by atoms with Crippen molar-refractivity contribution in [2.75, 3.05) is 37.7 Å². The molecule has 3 aromatic rings. The summed E-state index contributed by atoms with van der Waals surface area (Å²) in [5.74, 6) is -0.498. The Kier molecular flexibility index (Phi) is 10.6. The number of carboxylic acids is 1. The summed E-state index contributed by atoms with van der Waals surface area (Å²) in [5.41, 5.74) is 6.39. The van der Waals surface area contributed by atoms with Crippen molar-refractivity contribution >= 4 is 11.7 Å². The quantitative estimate of drug-likeness (QED) is 0.216. The number of hydrogen-bond donors (Lipinski definition) is 1. The van der Waals surface area contributed by atoms with Gasteiger partial charge in [0.2, 0.25) is 0 Å². The van der Waals surface area contributed by atoms with Crippen LogP contribution in [0.2, 0.25) is 0 Å². The van der Waals surface area contributed by atoms with Gasteiger partial charge in [-0.1, -0.05) is 44.5 Å². The molecule has 6 rings (SSSR count). The van der Waals surface area contributed by atoms with E-state index in [2.05, 4.69) is 35.8 Å². The largest absolute Gasteiger partial charge is 0.493 e. The van der Waals surface area contributed by atoms with E-state index in [4.69, 9.17) is 14.5 Å². The molecule has 8 heteroatoms. The van der Waals surface area contributed by atoms with Crippen molar-refractivity contribution in [1.29, 1.82) is 0 Å². The molecular formula is C42H56FN3O4. The van der Waals surface area contributed by atoms with Gasteiger partial charge in [0.05, 0.1) is 23.6 Å². The lowest BCUT2D eigenvalue weighted by atomic mass is 9.63. The van der Waals surface area contributed by atoms with Crippen LogP contribution in [0, 0.1) is 23.6 Å². The van der Waals surface area contributed by atoms with Crippen molar-refractivity contribution in [1.82, 2.24) is 9.88 Å². The number of rotatable bonds is 11. The molecule has 2 saturated heterocycles. The highest BCUT2D eigenvalue weighted by Gasteiger charge is 2.41. The number of aromatic nitrogens is 1. The van der Waals surface area contributed by atoms with Gasteiger partial charge in [-0.25, -0.2) is 9.18 Å². The molecule has 1 atom stereocenters. The van der Waals surface area contributed by atoms with E-state index in [0.717, 1.165) is 72.8 Å². The maximum absolute atomic E-state index is 13.4. The zero-order valence-electron chi connectivity index (χ0n) is 31.0. The van der Waals surface area contributed by atoms with Gasteiger partial charge in [0, 0.05) is 42.9 Å². The average Bonchev–Trinajstić information content (AvgIpc) is 3.04. The Morgan fingerprint density at radius 2 is 1.58 bits per heavy atom. The zero-order valence-corrected chi connectivity index (χ0v) is 31.0. The van der Waals surface area contributed by atoms with E-state index in [-0.39, 0.29) is 11.2 Å². The molecule has 3 heterocycles. The number of aryl methyl sites for hydroxylation is 1. The van der Waals surface area contributed by atoms with Gasteiger partial charge >= 0.3 is 5.97 Å². The Labute approximate surface area is 298 Å². The highest BCUT2D eigenvalue weighted by atomic mass is 19.1. The van der Waals surface area contributed by atoms with Crippen LogP contribution in [0.4, 0.5) is 10.1 Å². The number of anilines is 1. The van der Waals surface area contributed by atoms with E-state index in [1.165, 1.54) is 44.2 Å². The van der Waals surface area contributed by atoms with Crippen LogP contribution in [0.15, 0.2) is 48.5 Å². The number of carbonyl (C=O) groups is 1. The second kappa shape index (κ2) is 14.6. The minimum Gasteiger partial charge on any atom is -0.493 e. The lowest BCUT2D eigenvalue weighted by Gasteiger charge is -2.48. The zero-order chi connectivity index (χ0) is 35.7. The Morgan fingerprint density at radius 3 is 2.14 bits per heavy atom. The maximum Gasteiger partial charge on any atom is 0.337 e. The van der Waals surface area contributed by atoms with Crippen molar-refractivity contribution in [3.05, 3.63) is 76.9 Å². The van der Waals surface area contributed by atoms with E-state index in [1.54, 1.807) is 12.1 Å². The number of benzene rings is 2. The molecule has 2 aliphatic heterocycles. The van der Waals surface area contributed by atoms with E-state index in [1.807, 2.05) is 39.8 Å². The summed E-state index contributed by atoms with van der Waals surface area (Å²) >= 11 is 0. The van der Waals surface area contributed by atoms with Gasteiger partial charge in [-0.2, -0.15) is 0 Å². The van der Waals surface area contributed by atoms with Crippen LogP contribution in [-0.2, 0) is 22.5 Å². The third-order valence-corrected chi connectivity index (χ3v) is 11.3. The Bertz CT molecular complexity index is 1620. The summed E-state index contributed by atoms with van der Waals surface area (Å²) in [6.45, 7) is 17.3. The Balaban J connectivity index is 1.40. The normalized spacial score (nSPS) is 19.6. The number of pyridine rings is 1. The average molecular weight is 686 g/mol. The highest BCUT2D eigenvalue weighted by Crippen LogP contribution is 2.50. The lowest BCUT2D eigenvalue weighted by Crippen LogP contribution is -2.43. The monoisotopic (exact) mass is 685 g/mol. The summed E-state index contributed by atoms with van der Waals surface area (Å²) in [6, 6.07) is 14.7. The summed E-state index contributed by atoms with van der Waals surface area (Å²) in [6.07, 6.45) is 8.07. The first-order valence-corrected chi connectivity index (χ1v) is 18.6. The molecular weight excluding hydrogens is 629 g/mol. The molecule has 1 saturated carbocycles. The van der Waals surface area contributed by atoms with E-state index < -0.39 is 17.7 Å². The number of aliphatic carboxylic acids is 1. The summed E-state index contributed by atoms with van der Waals surface area (Å²) in [7, 11) is 0. The predicted octanol–water partition coefficient (Wildman–Crippen LogP) is 9.15. The van der Waals surface area contributed by atoms with Crippen molar-refractivity contribution in [2.24, 2.45) is 10.8 Å². The van der Waals surface area contributed by atoms with Gasteiger partial charge in [0.25, 0.3) is 0 Å². The Morgan fingerprint density at radius 1 is 0.940 bits per heavy atom. The summed E-state index contributed by atoms with van der Waals surface area (Å²) in [4.78, 5) is 23.3. The number of nitrogens with zero attached hydrogens (tertiary/aromatic N) is 3. The first-order chi connectivity index (χ1) is 23.7. The topological polar surface area (TPSA) is 75.1 Å². The van der Waals surface area contributed by atoms with E-state index >= 15 is 0 Å². The number of carboxylic acid groups (broad SMARTS) is 1. The van der Waals surface area contributed by atoms with E-state index in [0.29, 0.717) is 36.2 Å². The standard InChI is InChI=1S/C42H56FN3O4/c1-29-35(38(39(47)48)50-40(2,3)4)37(46-25-19-41(5,6)20-26-46)36(34(44-29)28-45-23-21-42(22-24-45)17-7-18-42)31-10-14-33(15-11-31)49-27-16-30-8-12-32(43)13-9-30/h8-15,38H,7,16-28H2,1-6H3,(H,47,48). The number of ether oxygens (including phenoxy) is 2. The SMILES string of the molecule is Cc1nc(CN2CCC3(CCC3)CC2)c(-c2ccc(OCCc3ccc(F)cc3)cc2)c(N2CCC(C)(C)CC2)c1C(OC(C)(C)C)C(=O)O. The summed E-state index contributed by atoms with van der Waals surface area (Å²) < 4.78 is 25.8. The fraction of sp³-hybridized carbons (Fsp3) is 0.571. The fourth-order valence-electron chi connectivity index (χ4n) is 7.97. The molecule has 0 amide bonds. The maximum atomic E-state index is 13.4. The molecule has 1 aliphatic carbocycles. The first-order valence-electron chi connectivity index (χ1n) is 18.6. The van der Waals surface area contributed by atoms with Crippen LogP contribution in [0.5, 0.6) is 5.75 Å². The van der Waals surface area contributed by atoms with Crippen LogP contribution in [0.25, 0.3) is 11.1 Å². The predicted molar refractivity (Wildman–Crippen MR) is 197 cm³/mol. The second-order valence-corrected chi connectivity index (χ2v) is 16.8. The molecule has 1 spiro atoms. The second-order valence-electron chi connectivity index (χ2n) is 16.8. The molecule has 1 unspecified atom stereocenters. The van der Waals surface area contributed by atoms with Gasteiger partial charge in [-0.05, 0) is 126 Å². The molecule has 0 bridgehead atoms. The van der Waals surface area contributed by atoms with Crippen LogP contribution >= 0.6 is 0 Å². The third-order valence-electron chi connectivity index (χ3n) is 11.3. The number of halogens is 1. The van der Waals surface area contributed by atoms with Gasteiger partial charge in [0.15, 0.2) is 6.10 Å². The van der Waals surface area contributed by atoms with Crippen LogP contribution in [0.3, 0.4) is 0 Å². The smallest absolute Gasteiger partial charge is 0.337 e. The molecule has 270 valence electrons. The molecule has 3 aliphatic rings. The van der Waals surface area contributed by atoms with Crippen LogP contribution in [0.1, 0.15) is 108 Å². The van der Waals surface area contributed by atoms with Crippen molar-refractivity contribution < 1.29 is 23.8 Å². The Hall–Kier alpha value is -3.49. The van der Waals surface area contributed by atoms with E-state index in [9.17, 15) is 14.3 Å². The summed E-state index contributed by atoms with van der Waals surface area (Å²) in [5, 5.41) is 10.7. The number of likely N-dealkylation sites (tertiary alicyclic amines) is 1. The van der Waals surface area contributed by atoms with Gasteiger partial charge in [-0.3, -0.25) is 9.88 Å². The third kappa shape index (κ3) is 8.51. The molecule has 2 aromatic carbocycles. The minimum atomic E-state index is -1.16. The minimum absolute atomic E-state index is 0.216. The van der Waals surface area contributed by atoms with Crippen molar-refractivity contribution in [3.8, 4) is 16.9 Å².